The van der Waals surface area contributed by atoms with Gasteiger partial charge in [0, 0.05) is 15.0 Å². The molecule has 1 aliphatic heterocycles. The molecule has 7 heteroatoms. The molecule has 5 nitrogen and oxygen atoms in total. The normalized spacial score (nSPS) is 16.4. The minimum absolute atomic E-state index is 0.184. The van der Waals surface area contributed by atoms with E-state index in [1.165, 1.54) is 4.90 Å². The van der Waals surface area contributed by atoms with Crippen LogP contribution < -0.4 is 5.32 Å². The Morgan fingerprint density at radius 1 is 1.27 bits per heavy atom. The van der Waals surface area contributed by atoms with E-state index >= 15 is 0 Å². The summed E-state index contributed by atoms with van der Waals surface area (Å²) >= 11 is 3.78. The SMILES string of the molecule is Cc1cc(I)ccc1NC(=O)[C@@H]1CSCN1C(=O)OCc1ccccc1. The van der Waals surface area contributed by atoms with Gasteiger partial charge in [0.1, 0.15) is 12.6 Å². The molecule has 26 heavy (non-hydrogen) atoms. The molecule has 0 aliphatic carbocycles. The Morgan fingerprint density at radius 2 is 2.04 bits per heavy atom. The van der Waals surface area contributed by atoms with Crippen molar-refractivity contribution >= 4 is 52.0 Å². The van der Waals surface area contributed by atoms with Crippen LogP contribution in [0, 0.1) is 10.5 Å². The van der Waals surface area contributed by atoms with E-state index in [0.717, 1.165) is 20.4 Å². The standard InChI is InChI=1S/C19H19IN2O3S/c1-13-9-15(20)7-8-16(13)21-18(23)17-11-26-12-22(17)19(24)25-10-14-5-3-2-4-6-14/h2-9,17H,10-12H2,1H3,(H,21,23)/t17-/m0/s1. The number of carbonyl (C=O) groups excluding carboxylic acids is 2. The van der Waals surface area contributed by atoms with Crippen molar-refractivity contribution in [2.24, 2.45) is 0 Å². The lowest BCUT2D eigenvalue weighted by molar-refractivity contribution is -0.119. The lowest BCUT2D eigenvalue weighted by atomic mass is 10.2. The van der Waals surface area contributed by atoms with Crippen LogP contribution >= 0.6 is 34.4 Å². The zero-order valence-corrected chi connectivity index (χ0v) is 17.2. The summed E-state index contributed by atoms with van der Waals surface area (Å²) in [6, 6.07) is 14.8. The molecule has 0 saturated carbocycles. The first-order chi connectivity index (χ1) is 12.5. The average Bonchev–Trinajstić information content (AvgIpc) is 3.13. The Labute approximate surface area is 170 Å². The lowest BCUT2D eigenvalue weighted by Gasteiger charge is -2.23. The Morgan fingerprint density at radius 3 is 2.77 bits per heavy atom. The average molecular weight is 482 g/mol. The maximum atomic E-state index is 12.7. The summed E-state index contributed by atoms with van der Waals surface area (Å²) in [5.41, 5.74) is 2.68. The first-order valence-electron chi connectivity index (χ1n) is 8.16. The Hall–Kier alpha value is -1.74. The molecule has 1 saturated heterocycles. The van der Waals surface area contributed by atoms with E-state index in [0.29, 0.717) is 11.6 Å². The molecule has 0 bridgehead atoms. The van der Waals surface area contributed by atoms with Crippen molar-refractivity contribution in [2.45, 2.75) is 19.6 Å². The van der Waals surface area contributed by atoms with Crippen molar-refractivity contribution in [1.82, 2.24) is 4.90 Å². The topological polar surface area (TPSA) is 58.6 Å². The van der Waals surface area contributed by atoms with Crippen LogP contribution in [0.5, 0.6) is 0 Å². The van der Waals surface area contributed by atoms with Gasteiger partial charge in [0.25, 0.3) is 0 Å². The number of carbonyl (C=O) groups is 2. The van der Waals surface area contributed by atoms with Crippen LogP contribution in [0.2, 0.25) is 0 Å². The van der Waals surface area contributed by atoms with Gasteiger partial charge in [-0.25, -0.2) is 4.79 Å². The molecule has 1 fully saturated rings. The minimum atomic E-state index is -0.526. The third-order valence-electron chi connectivity index (χ3n) is 4.07. The van der Waals surface area contributed by atoms with Crippen LogP contribution in [0.3, 0.4) is 0 Å². The molecule has 136 valence electrons. The first-order valence-corrected chi connectivity index (χ1v) is 10.4. The number of aryl methyl sites for hydroxylation is 1. The second-order valence-electron chi connectivity index (χ2n) is 5.97. The lowest BCUT2D eigenvalue weighted by Crippen LogP contribution is -2.44. The van der Waals surface area contributed by atoms with Crippen LogP contribution in [0.1, 0.15) is 11.1 Å². The van der Waals surface area contributed by atoms with Gasteiger partial charge in [-0.15, -0.1) is 11.8 Å². The zero-order chi connectivity index (χ0) is 18.5. The fraction of sp³-hybridized carbons (Fsp3) is 0.263. The van der Waals surface area contributed by atoms with Gasteiger partial charge in [0.15, 0.2) is 0 Å². The summed E-state index contributed by atoms with van der Waals surface area (Å²) in [7, 11) is 0. The van der Waals surface area contributed by atoms with E-state index in [4.69, 9.17) is 4.74 Å². The smallest absolute Gasteiger partial charge is 0.411 e. The molecule has 1 atom stereocenters. The fourth-order valence-corrected chi connectivity index (χ4v) is 4.41. The van der Waals surface area contributed by atoms with Gasteiger partial charge >= 0.3 is 6.09 Å². The number of thioether (sulfide) groups is 1. The molecule has 2 aromatic carbocycles. The van der Waals surface area contributed by atoms with E-state index in [1.54, 1.807) is 11.8 Å². The number of benzene rings is 2. The molecular weight excluding hydrogens is 463 g/mol. The fourth-order valence-electron chi connectivity index (χ4n) is 2.63. The molecule has 1 aliphatic rings. The Bertz CT molecular complexity index is 801. The molecule has 1 heterocycles. The van der Waals surface area contributed by atoms with Crippen molar-refractivity contribution in [3.8, 4) is 0 Å². The quantitative estimate of drug-likeness (QED) is 0.663. The van der Waals surface area contributed by atoms with Crippen LogP contribution in [0.25, 0.3) is 0 Å². The Balaban J connectivity index is 1.61. The van der Waals surface area contributed by atoms with Gasteiger partial charge in [0.05, 0.1) is 5.88 Å². The third kappa shape index (κ3) is 4.70. The number of hydrogen-bond donors (Lipinski definition) is 1. The summed E-state index contributed by atoms with van der Waals surface area (Å²) in [4.78, 5) is 26.6. The highest BCUT2D eigenvalue weighted by atomic mass is 127. The largest absolute Gasteiger partial charge is 0.445 e. The maximum absolute atomic E-state index is 12.7. The van der Waals surface area contributed by atoms with E-state index in [9.17, 15) is 9.59 Å². The highest BCUT2D eigenvalue weighted by molar-refractivity contribution is 14.1. The predicted molar refractivity (Wildman–Crippen MR) is 112 cm³/mol. The second kappa shape index (κ2) is 8.77. The van der Waals surface area contributed by atoms with E-state index in [2.05, 4.69) is 27.9 Å². The second-order valence-corrected chi connectivity index (χ2v) is 8.22. The van der Waals surface area contributed by atoms with Gasteiger partial charge in [-0.05, 0) is 58.8 Å². The van der Waals surface area contributed by atoms with Gasteiger partial charge in [-0.1, -0.05) is 30.3 Å². The third-order valence-corrected chi connectivity index (χ3v) is 5.75. The molecule has 0 spiro atoms. The van der Waals surface area contributed by atoms with Gasteiger partial charge in [0.2, 0.25) is 5.91 Å². The van der Waals surface area contributed by atoms with E-state index in [-0.39, 0.29) is 12.5 Å². The first kappa shape index (κ1) is 19.0. The van der Waals surface area contributed by atoms with Gasteiger partial charge in [-0.2, -0.15) is 0 Å². The van der Waals surface area contributed by atoms with Crippen molar-refractivity contribution < 1.29 is 14.3 Å². The van der Waals surface area contributed by atoms with E-state index in [1.807, 2.05) is 55.5 Å². The number of nitrogens with zero attached hydrogens (tertiary/aromatic N) is 1. The van der Waals surface area contributed by atoms with Crippen molar-refractivity contribution in [2.75, 3.05) is 16.9 Å². The van der Waals surface area contributed by atoms with Gasteiger partial charge < -0.3 is 10.1 Å². The molecule has 1 N–H and O–H groups in total. The predicted octanol–water partition coefficient (Wildman–Crippen LogP) is 4.25. The molecule has 2 aromatic rings. The highest BCUT2D eigenvalue weighted by Gasteiger charge is 2.35. The highest BCUT2D eigenvalue weighted by Crippen LogP contribution is 2.24. The zero-order valence-electron chi connectivity index (χ0n) is 14.3. The molecule has 0 radical (unpaired) electrons. The molecular formula is C19H19IN2O3S. The van der Waals surface area contributed by atoms with Crippen LogP contribution in [0.15, 0.2) is 48.5 Å². The number of ether oxygens (including phenoxy) is 1. The number of nitrogens with one attached hydrogen (secondary N) is 1. The summed E-state index contributed by atoms with van der Waals surface area (Å²) < 4.78 is 6.49. The van der Waals surface area contributed by atoms with Crippen LogP contribution in [0.4, 0.5) is 10.5 Å². The monoisotopic (exact) mass is 482 g/mol. The van der Waals surface area contributed by atoms with E-state index < -0.39 is 12.1 Å². The van der Waals surface area contributed by atoms with Gasteiger partial charge in [-0.3, -0.25) is 9.69 Å². The molecule has 3 rings (SSSR count). The summed E-state index contributed by atoms with van der Waals surface area (Å²) in [6.45, 7) is 2.15. The molecule has 0 aromatic heterocycles. The number of anilines is 1. The van der Waals surface area contributed by atoms with Crippen molar-refractivity contribution in [3.63, 3.8) is 0 Å². The van der Waals surface area contributed by atoms with Crippen molar-refractivity contribution in [3.05, 3.63) is 63.2 Å². The molecule has 0 unspecified atom stereocenters. The summed E-state index contributed by atoms with van der Waals surface area (Å²) in [6.07, 6.45) is -0.460. The minimum Gasteiger partial charge on any atom is -0.445 e. The number of amides is 2. The van der Waals surface area contributed by atoms with Crippen LogP contribution in [-0.2, 0) is 16.1 Å². The number of rotatable bonds is 4. The van der Waals surface area contributed by atoms with Crippen molar-refractivity contribution in [1.29, 1.82) is 0 Å². The maximum Gasteiger partial charge on any atom is 0.411 e. The molecule has 2 amide bonds. The summed E-state index contributed by atoms with van der Waals surface area (Å²) in [5.74, 6) is 0.837. The van der Waals surface area contributed by atoms with Crippen LogP contribution in [-0.4, -0.2) is 34.6 Å². The Kier molecular flexibility index (Phi) is 6.42. The number of halogens is 1. The summed E-state index contributed by atoms with van der Waals surface area (Å²) in [5, 5.41) is 2.93. The number of hydrogen-bond acceptors (Lipinski definition) is 4.